The molecule has 28 heavy (non-hydrogen) atoms. The average molecular weight is 378 g/mol. The Balaban J connectivity index is 1.84. The summed E-state index contributed by atoms with van der Waals surface area (Å²) >= 11 is 1.86. The predicted octanol–water partition coefficient (Wildman–Crippen LogP) is 6.95. The Hall–Kier alpha value is -2.97. The van der Waals surface area contributed by atoms with Gasteiger partial charge in [0.1, 0.15) is 11.5 Å². The van der Waals surface area contributed by atoms with Gasteiger partial charge in [0.25, 0.3) is 0 Å². The zero-order valence-corrected chi connectivity index (χ0v) is 16.3. The summed E-state index contributed by atoms with van der Waals surface area (Å²) in [7, 11) is 0. The highest BCUT2D eigenvalue weighted by atomic mass is 32.2. The van der Waals surface area contributed by atoms with E-state index in [-0.39, 0.29) is 5.41 Å². The molecule has 1 spiro atoms. The quantitative estimate of drug-likeness (QED) is 0.283. The zero-order chi connectivity index (χ0) is 18.7. The van der Waals surface area contributed by atoms with Crippen LogP contribution in [0.1, 0.15) is 27.8 Å². The number of fused-ring (bicyclic) bond motifs is 8. The molecule has 0 atom stereocenters. The number of hydrogen-bond donors (Lipinski definition) is 0. The monoisotopic (exact) mass is 378 g/mol. The summed E-state index contributed by atoms with van der Waals surface area (Å²) in [5, 5.41) is 0. The summed E-state index contributed by atoms with van der Waals surface area (Å²) in [5.74, 6) is 1.90. The van der Waals surface area contributed by atoms with Crippen molar-refractivity contribution in [3.05, 3.63) is 119 Å². The molecule has 2 aliphatic rings. The van der Waals surface area contributed by atoms with E-state index in [1.54, 1.807) is 0 Å². The molecule has 2 heteroatoms. The van der Waals surface area contributed by atoms with E-state index in [1.165, 1.54) is 37.6 Å². The maximum atomic E-state index is 6.41. The summed E-state index contributed by atoms with van der Waals surface area (Å²) in [6.45, 7) is 2.12. The van der Waals surface area contributed by atoms with E-state index in [4.69, 9.17) is 4.74 Å². The maximum Gasteiger partial charge on any atom is 0.132 e. The Morgan fingerprint density at radius 1 is 0.607 bits per heavy atom. The lowest BCUT2D eigenvalue weighted by atomic mass is 9.63. The molecule has 2 heterocycles. The first-order valence-electron chi connectivity index (χ1n) is 9.54. The Morgan fingerprint density at radius 3 is 1.89 bits per heavy atom. The van der Waals surface area contributed by atoms with Crippen LogP contribution >= 0.6 is 11.8 Å². The van der Waals surface area contributed by atoms with E-state index in [0.717, 1.165) is 11.5 Å². The Bertz CT molecular complexity index is 1180. The van der Waals surface area contributed by atoms with E-state index >= 15 is 0 Å². The van der Waals surface area contributed by atoms with Gasteiger partial charge in [-0.1, -0.05) is 78.5 Å². The predicted molar refractivity (Wildman–Crippen MR) is 114 cm³/mol. The fourth-order valence-electron chi connectivity index (χ4n) is 4.73. The highest BCUT2D eigenvalue weighted by molar-refractivity contribution is 7.99. The minimum absolute atomic E-state index is 0.365. The maximum absolute atomic E-state index is 6.41. The number of benzene rings is 4. The molecule has 0 saturated heterocycles. The topological polar surface area (TPSA) is 9.23 Å². The highest BCUT2D eigenvalue weighted by Crippen LogP contribution is 2.61. The molecule has 0 unspecified atom stereocenters. The second-order valence-corrected chi connectivity index (χ2v) is 8.53. The van der Waals surface area contributed by atoms with Crippen molar-refractivity contribution in [2.75, 3.05) is 0 Å². The average Bonchev–Trinajstić information content (AvgIpc) is 2.73. The van der Waals surface area contributed by atoms with E-state index in [0.29, 0.717) is 0 Å². The molecular formula is C26H18OS. The van der Waals surface area contributed by atoms with E-state index < -0.39 is 0 Å². The number of hydrogen-bond acceptors (Lipinski definition) is 2. The summed E-state index contributed by atoms with van der Waals surface area (Å²) in [6, 6.07) is 32.7. The van der Waals surface area contributed by atoms with Gasteiger partial charge in [-0.2, -0.15) is 0 Å². The molecular weight excluding hydrogens is 360 g/mol. The molecule has 6 rings (SSSR count). The molecule has 0 aromatic heterocycles. The van der Waals surface area contributed by atoms with Gasteiger partial charge in [0.05, 0.1) is 5.41 Å². The van der Waals surface area contributed by atoms with Crippen molar-refractivity contribution in [1.29, 1.82) is 0 Å². The molecule has 134 valence electrons. The third-order valence-electron chi connectivity index (χ3n) is 5.85. The fraction of sp³-hybridized carbons (Fsp3) is 0.0769. The van der Waals surface area contributed by atoms with Gasteiger partial charge >= 0.3 is 0 Å². The van der Waals surface area contributed by atoms with Crippen molar-refractivity contribution in [3.8, 4) is 11.5 Å². The van der Waals surface area contributed by atoms with Gasteiger partial charge in [0, 0.05) is 20.9 Å². The summed E-state index contributed by atoms with van der Waals surface area (Å²) in [4.78, 5) is 2.62. The number of ether oxygens (including phenoxy) is 1. The first-order chi connectivity index (χ1) is 13.8. The van der Waals surface area contributed by atoms with Crippen LogP contribution in [0.3, 0.4) is 0 Å². The third-order valence-corrected chi connectivity index (χ3v) is 7.01. The molecule has 0 bridgehead atoms. The largest absolute Gasteiger partial charge is 0.457 e. The van der Waals surface area contributed by atoms with Crippen molar-refractivity contribution in [3.63, 3.8) is 0 Å². The van der Waals surface area contributed by atoms with Crippen LogP contribution in [0.25, 0.3) is 0 Å². The van der Waals surface area contributed by atoms with Crippen molar-refractivity contribution in [1.82, 2.24) is 0 Å². The molecule has 4 aromatic carbocycles. The van der Waals surface area contributed by atoms with Crippen LogP contribution in [0.5, 0.6) is 11.5 Å². The van der Waals surface area contributed by atoms with Crippen LogP contribution in [-0.2, 0) is 5.41 Å². The smallest absolute Gasteiger partial charge is 0.132 e. The van der Waals surface area contributed by atoms with Crippen LogP contribution in [0.2, 0.25) is 0 Å². The second kappa shape index (κ2) is 5.76. The van der Waals surface area contributed by atoms with Gasteiger partial charge in [0.15, 0.2) is 0 Å². The lowest BCUT2D eigenvalue weighted by Crippen LogP contribution is -2.36. The van der Waals surface area contributed by atoms with Crippen molar-refractivity contribution < 1.29 is 4.74 Å². The van der Waals surface area contributed by atoms with Crippen molar-refractivity contribution in [2.24, 2.45) is 0 Å². The highest BCUT2D eigenvalue weighted by Gasteiger charge is 2.49. The van der Waals surface area contributed by atoms with Crippen LogP contribution in [0, 0.1) is 6.92 Å². The molecule has 0 radical (unpaired) electrons. The van der Waals surface area contributed by atoms with Gasteiger partial charge in [0.2, 0.25) is 0 Å². The number of rotatable bonds is 0. The summed E-state index contributed by atoms with van der Waals surface area (Å²) in [5.41, 5.74) is 5.94. The van der Waals surface area contributed by atoms with Crippen LogP contribution in [-0.4, -0.2) is 0 Å². The Labute approximate surface area is 169 Å². The van der Waals surface area contributed by atoms with Crippen molar-refractivity contribution in [2.45, 2.75) is 22.1 Å². The van der Waals surface area contributed by atoms with E-state index in [9.17, 15) is 0 Å². The van der Waals surface area contributed by atoms with E-state index in [1.807, 2.05) is 11.8 Å². The molecule has 2 aliphatic heterocycles. The van der Waals surface area contributed by atoms with Gasteiger partial charge in [-0.15, -0.1) is 0 Å². The number of aryl methyl sites for hydroxylation is 1. The lowest BCUT2D eigenvalue weighted by molar-refractivity contribution is 0.431. The minimum Gasteiger partial charge on any atom is -0.457 e. The fourth-order valence-corrected chi connectivity index (χ4v) is 5.92. The normalized spacial score (nSPS) is 15.0. The first-order valence-corrected chi connectivity index (χ1v) is 10.4. The Kier molecular flexibility index (Phi) is 3.30. The SMILES string of the molecule is Cc1ccc2c(c1)Oc1ccccc1C21c2ccccc2Sc2ccccc21. The van der Waals surface area contributed by atoms with Gasteiger partial charge < -0.3 is 4.74 Å². The van der Waals surface area contributed by atoms with Gasteiger partial charge in [-0.3, -0.25) is 0 Å². The first kappa shape index (κ1) is 16.0. The van der Waals surface area contributed by atoms with Gasteiger partial charge in [-0.05, 0) is 47.9 Å². The number of para-hydroxylation sites is 1. The van der Waals surface area contributed by atoms with E-state index in [2.05, 4.69) is 97.9 Å². The third kappa shape index (κ3) is 1.99. The molecule has 0 N–H and O–H groups in total. The molecule has 0 amide bonds. The molecule has 1 nitrogen and oxygen atoms in total. The van der Waals surface area contributed by atoms with Crippen molar-refractivity contribution >= 4 is 11.8 Å². The van der Waals surface area contributed by atoms with Crippen LogP contribution in [0.4, 0.5) is 0 Å². The summed E-state index contributed by atoms with van der Waals surface area (Å²) < 4.78 is 6.41. The van der Waals surface area contributed by atoms with Crippen LogP contribution in [0.15, 0.2) is 101 Å². The lowest BCUT2D eigenvalue weighted by Gasteiger charge is -2.45. The second-order valence-electron chi connectivity index (χ2n) is 7.44. The standard InChI is InChI=1S/C26H18OS/c1-17-14-15-19-23(16-17)27-22-11-5-2-8-18(22)26(19)20-9-3-6-12-24(20)28-25-13-7-4-10-21(25)26/h2-16H,1H3. The molecule has 0 saturated carbocycles. The Morgan fingerprint density at radius 2 is 1.18 bits per heavy atom. The molecule has 4 aromatic rings. The molecule has 0 fully saturated rings. The zero-order valence-electron chi connectivity index (χ0n) is 15.5. The minimum atomic E-state index is -0.365. The van der Waals surface area contributed by atoms with Gasteiger partial charge in [-0.25, -0.2) is 0 Å². The van der Waals surface area contributed by atoms with Crippen LogP contribution < -0.4 is 4.74 Å². The summed E-state index contributed by atoms with van der Waals surface area (Å²) in [6.07, 6.45) is 0. The molecule has 0 aliphatic carbocycles.